The quantitative estimate of drug-likeness (QED) is 0.293. The second-order valence-corrected chi connectivity index (χ2v) is 8.68. The standard InChI is InChI=1S/C25H19N5O4S/c31-23(30-19(21-10-5-13-33-21)15-18(28-30)20-9-4-12-32-20)16-35-25-27-26-24(22-11-6-14-34-22)29(25)17-7-2-1-3-8-17/h1-14,19H,15-16H2. The summed E-state index contributed by atoms with van der Waals surface area (Å²) in [7, 11) is 0. The van der Waals surface area contributed by atoms with Gasteiger partial charge in [0.1, 0.15) is 23.3 Å². The van der Waals surface area contributed by atoms with Crippen LogP contribution in [0.2, 0.25) is 0 Å². The largest absolute Gasteiger partial charge is 0.467 e. The minimum atomic E-state index is -0.344. The van der Waals surface area contributed by atoms with Crippen molar-refractivity contribution in [3.05, 3.63) is 97.0 Å². The molecule has 0 saturated heterocycles. The predicted molar refractivity (Wildman–Crippen MR) is 128 cm³/mol. The molecule has 0 spiro atoms. The van der Waals surface area contributed by atoms with Crippen molar-refractivity contribution < 1.29 is 18.0 Å². The Bertz CT molecular complexity index is 1440. The van der Waals surface area contributed by atoms with Gasteiger partial charge in [-0.15, -0.1) is 10.2 Å². The molecule has 0 N–H and O–H groups in total. The van der Waals surface area contributed by atoms with Crippen molar-refractivity contribution in [2.75, 3.05) is 5.75 Å². The number of furan rings is 3. The second kappa shape index (κ2) is 9.15. The van der Waals surface area contributed by atoms with Gasteiger partial charge in [0, 0.05) is 12.1 Å². The van der Waals surface area contributed by atoms with E-state index in [1.807, 2.05) is 53.1 Å². The molecule has 1 atom stereocenters. The molecule has 10 heteroatoms. The van der Waals surface area contributed by atoms with Crippen LogP contribution < -0.4 is 0 Å². The highest BCUT2D eigenvalue weighted by Gasteiger charge is 2.36. The first kappa shape index (κ1) is 21.2. The van der Waals surface area contributed by atoms with Gasteiger partial charge in [0.25, 0.3) is 5.91 Å². The van der Waals surface area contributed by atoms with Crippen molar-refractivity contribution in [1.82, 2.24) is 19.8 Å². The van der Waals surface area contributed by atoms with Crippen molar-refractivity contribution in [1.29, 1.82) is 0 Å². The normalized spacial score (nSPS) is 15.5. The number of aromatic nitrogens is 3. The zero-order chi connectivity index (χ0) is 23.6. The molecule has 174 valence electrons. The Balaban J connectivity index is 1.28. The molecule has 5 aromatic rings. The van der Waals surface area contributed by atoms with Crippen molar-refractivity contribution in [2.24, 2.45) is 5.10 Å². The molecule has 1 unspecified atom stereocenters. The Hall–Kier alpha value is -4.31. The van der Waals surface area contributed by atoms with Crippen LogP contribution in [0.15, 0.2) is 109 Å². The molecular formula is C25H19N5O4S. The molecule has 1 aromatic carbocycles. The molecule has 5 heterocycles. The lowest BCUT2D eigenvalue weighted by Crippen LogP contribution is -2.28. The highest BCUT2D eigenvalue weighted by atomic mass is 32.2. The van der Waals surface area contributed by atoms with Crippen LogP contribution in [-0.4, -0.2) is 37.1 Å². The molecule has 1 aliphatic heterocycles. The first-order valence-corrected chi connectivity index (χ1v) is 11.9. The van der Waals surface area contributed by atoms with Gasteiger partial charge in [0.05, 0.1) is 24.5 Å². The maximum atomic E-state index is 13.4. The van der Waals surface area contributed by atoms with E-state index in [9.17, 15) is 4.79 Å². The monoisotopic (exact) mass is 485 g/mol. The molecule has 0 fully saturated rings. The van der Waals surface area contributed by atoms with Crippen molar-refractivity contribution in [3.63, 3.8) is 0 Å². The van der Waals surface area contributed by atoms with Crippen LogP contribution in [0.25, 0.3) is 17.3 Å². The summed E-state index contributed by atoms with van der Waals surface area (Å²) < 4.78 is 18.6. The van der Waals surface area contributed by atoms with Gasteiger partial charge < -0.3 is 13.3 Å². The Kier molecular flexibility index (Phi) is 5.55. The fourth-order valence-electron chi connectivity index (χ4n) is 3.97. The van der Waals surface area contributed by atoms with Crippen LogP contribution in [0.1, 0.15) is 24.0 Å². The Morgan fingerprint density at radius 2 is 1.63 bits per heavy atom. The van der Waals surface area contributed by atoms with Crippen LogP contribution in [0.4, 0.5) is 0 Å². The number of benzene rings is 1. The number of rotatable bonds is 7. The van der Waals surface area contributed by atoms with Crippen LogP contribution in [-0.2, 0) is 4.79 Å². The number of hydrogen-bond acceptors (Lipinski definition) is 8. The first-order chi connectivity index (χ1) is 17.3. The number of hydrazone groups is 1. The molecule has 0 aliphatic carbocycles. The summed E-state index contributed by atoms with van der Waals surface area (Å²) in [5, 5.41) is 15.3. The van der Waals surface area contributed by atoms with E-state index in [2.05, 4.69) is 15.3 Å². The van der Waals surface area contributed by atoms with E-state index in [0.717, 1.165) is 5.69 Å². The molecule has 0 bridgehead atoms. The smallest absolute Gasteiger partial charge is 0.253 e. The SMILES string of the molecule is O=C(CSc1nnc(-c2ccco2)n1-c1ccccc1)N1N=C(c2ccco2)CC1c1ccco1. The number of carbonyl (C=O) groups is 1. The van der Waals surface area contributed by atoms with Crippen molar-refractivity contribution in [2.45, 2.75) is 17.6 Å². The lowest BCUT2D eigenvalue weighted by atomic mass is 10.1. The van der Waals surface area contributed by atoms with E-state index in [1.165, 1.54) is 16.8 Å². The minimum Gasteiger partial charge on any atom is -0.467 e. The van der Waals surface area contributed by atoms with E-state index >= 15 is 0 Å². The summed E-state index contributed by atoms with van der Waals surface area (Å²) in [4.78, 5) is 13.4. The van der Waals surface area contributed by atoms with Crippen LogP contribution in [0.5, 0.6) is 0 Å². The van der Waals surface area contributed by atoms with Gasteiger partial charge in [-0.2, -0.15) is 5.10 Å². The number of para-hydroxylation sites is 1. The molecule has 6 rings (SSSR count). The summed E-state index contributed by atoms with van der Waals surface area (Å²) in [6, 6.07) is 20.3. The first-order valence-electron chi connectivity index (χ1n) is 10.9. The zero-order valence-corrected chi connectivity index (χ0v) is 19.2. The fraction of sp³-hybridized carbons (Fsp3) is 0.120. The number of hydrogen-bond donors (Lipinski definition) is 0. The predicted octanol–water partition coefficient (Wildman–Crippen LogP) is 5.18. The summed E-state index contributed by atoms with van der Waals surface area (Å²) >= 11 is 1.29. The molecule has 1 aliphatic rings. The summed E-state index contributed by atoms with van der Waals surface area (Å²) in [6.07, 6.45) is 5.27. The van der Waals surface area contributed by atoms with E-state index in [4.69, 9.17) is 13.3 Å². The number of nitrogens with zero attached hydrogens (tertiary/aromatic N) is 5. The van der Waals surface area contributed by atoms with Gasteiger partial charge in [-0.3, -0.25) is 9.36 Å². The van der Waals surface area contributed by atoms with Crippen molar-refractivity contribution >= 4 is 23.4 Å². The van der Waals surface area contributed by atoms with Gasteiger partial charge in [-0.1, -0.05) is 30.0 Å². The Morgan fingerprint density at radius 3 is 2.34 bits per heavy atom. The Labute approximate surface area is 204 Å². The van der Waals surface area contributed by atoms with E-state index in [1.54, 1.807) is 37.0 Å². The molecule has 0 saturated carbocycles. The van der Waals surface area contributed by atoms with E-state index in [0.29, 0.717) is 40.4 Å². The van der Waals surface area contributed by atoms with Crippen LogP contribution in [0.3, 0.4) is 0 Å². The number of carbonyl (C=O) groups excluding carboxylic acids is 1. The molecule has 35 heavy (non-hydrogen) atoms. The van der Waals surface area contributed by atoms with Crippen LogP contribution >= 0.6 is 11.8 Å². The van der Waals surface area contributed by atoms with Crippen molar-refractivity contribution in [3.8, 4) is 17.3 Å². The van der Waals surface area contributed by atoms with Gasteiger partial charge in [0.15, 0.2) is 10.9 Å². The molecular weight excluding hydrogens is 466 g/mol. The van der Waals surface area contributed by atoms with E-state index < -0.39 is 0 Å². The summed E-state index contributed by atoms with van der Waals surface area (Å²) in [5.41, 5.74) is 1.56. The third-order valence-corrected chi connectivity index (χ3v) is 6.47. The maximum absolute atomic E-state index is 13.4. The topological polar surface area (TPSA) is 103 Å². The van der Waals surface area contributed by atoms with Gasteiger partial charge in [-0.25, -0.2) is 5.01 Å². The highest BCUT2D eigenvalue weighted by molar-refractivity contribution is 7.99. The van der Waals surface area contributed by atoms with Gasteiger partial charge >= 0.3 is 0 Å². The fourth-order valence-corrected chi connectivity index (χ4v) is 4.77. The summed E-state index contributed by atoms with van der Waals surface area (Å²) in [5.74, 6) is 2.38. The number of thioether (sulfide) groups is 1. The van der Waals surface area contributed by atoms with E-state index in [-0.39, 0.29) is 17.7 Å². The molecule has 4 aromatic heterocycles. The number of amides is 1. The van der Waals surface area contributed by atoms with Gasteiger partial charge in [-0.05, 0) is 48.5 Å². The zero-order valence-electron chi connectivity index (χ0n) is 18.4. The minimum absolute atomic E-state index is 0.106. The second-order valence-electron chi connectivity index (χ2n) is 7.74. The molecule has 0 radical (unpaired) electrons. The molecule has 1 amide bonds. The average molecular weight is 486 g/mol. The average Bonchev–Trinajstić information content (AvgIpc) is 3.71. The highest BCUT2D eigenvalue weighted by Crippen LogP contribution is 2.34. The molecule has 9 nitrogen and oxygen atoms in total. The van der Waals surface area contributed by atoms with Gasteiger partial charge in [0.2, 0.25) is 5.82 Å². The lowest BCUT2D eigenvalue weighted by Gasteiger charge is -2.19. The summed E-state index contributed by atoms with van der Waals surface area (Å²) in [6.45, 7) is 0. The third-order valence-electron chi connectivity index (χ3n) is 5.56. The maximum Gasteiger partial charge on any atom is 0.253 e. The van der Waals surface area contributed by atoms with Crippen LogP contribution in [0, 0.1) is 0 Å². The third kappa shape index (κ3) is 4.08. The lowest BCUT2D eigenvalue weighted by molar-refractivity contribution is -0.130. The Morgan fingerprint density at radius 1 is 0.886 bits per heavy atom.